The van der Waals surface area contributed by atoms with Gasteiger partial charge in [0.15, 0.2) is 0 Å². The van der Waals surface area contributed by atoms with Crippen LogP contribution < -0.4 is 0 Å². The van der Waals surface area contributed by atoms with Crippen LogP contribution in [-0.4, -0.2) is 18.3 Å². The van der Waals surface area contributed by atoms with Crippen molar-refractivity contribution in [1.29, 1.82) is 0 Å². The van der Waals surface area contributed by atoms with Crippen LogP contribution >= 0.6 is 12.2 Å². The lowest BCUT2D eigenvalue weighted by molar-refractivity contribution is 0.479. The first-order valence-corrected chi connectivity index (χ1v) is 5.49. The molecule has 1 N–H and O–H groups in total. The highest BCUT2D eigenvalue weighted by Gasteiger charge is 2.21. The molecule has 0 spiro atoms. The monoisotopic (exact) mass is 216 g/mol. The molecule has 3 nitrogen and oxygen atoms in total. The molecule has 0 fully saturated rings. The molecule has 0 aliphatic carbocycles. The highest BCUT2D eigenvalue weighted by molar-refractivity contribution is 7.89. The molecule has 0 aliphatic heterocycles. The first kappa shape index (κ1) is 10.3. The molecule has 0 radical (unpaired) electrons. The SMILES string of the molecule is O=S(=O)(O)C(C=S)c1ccccc1. The summed E-state index contributed by atoms with van der Waals surface area (Å²) < 4.78 is 30.4. The van der Waals surface area contributed by atoms with Gasteiger partial charge in [-0.1, -0.05) is 42.5 Å². The summed E-state index contributed by atoms with van der Waals surface area (Å²) in [5, 5.41) is -0.0753. The van der Waals surface area contributed by atoms with Gasteiger partial charge in [-0.05, 0) is 5.56 Å². The Labute approximate surface area is 82.1 Å². The van der Waals surface area contributed by atoms with E-state index in [1.807, 2.05) is 0 Å². The summed E-state index contributed by atoms with van der Waals surface area (Å²) in [5.41, 5.74) is 0.472. The maximum atomic E-state index is 10.8. The van der Waals surface area contributed by atoms with Crippen LogP contribution in [0.5, 0.6) is 0 Å². The summed E-state index contributed by atoms with van der Waals surface area (Å²) in [6, 6.07) is 8.33. The van der Waals surface area contributed by atoms with Crippen LogP contribution in [-0.2, 0) is 10.1 Å². The lowest BCUT2D eigenvalue weighted by Gasteiger charge is -2.07. The van der Waals surface area contributed by atoms with Crippen molar-refractivity contribution in [3.8, 4) is 0 Å². The van der Waals surface area contributed by atoms with Gasteiger partial charge in [0.2, 0.25) is 0 Å². The van der Waals surface area contributed by atoms with Crippen LogP contribution in [0, 0.1) is 0 Å². The number of rotatable bonds is 3. The highest BCUT2D eigenvalue weighted by atomic mass is 32.2. The summed E-state index contributed by atoms with van der Waals surface area (Å²) in [5.74, 6) is 0. The Kier molecular flexibility index (Phi) is 3.13. The van der Waals surface area contributed by atoms with E-state index in [2.05, 4.69) is 12.2 Å². The van der Waals surface area contributed by atoms with Gasteiger partial charge in [-0.15, -0.1) is 0 Å². The Balaban J connectivity index is 3.13. The molecule has 1 aromatic rings. The van der Waals surface area contributed by atoms with E-state index in [0.717, 1.165) is 5.37 Å². The smallest absolute Gasteiger partial charge is 0.276 e. The highest BCUT2D eigenvalue weighted by Crippen LogP contribution is 2.18. The molecule has 13 heavy (non-hydrogen) atoms. The van der Waals surface area contributed by atoms with Gasteiger partial charge in [-0.25, -0.2) is 0 Å². The predicted molar refractivity (Wildman–Crippen MR) is 54.4 cm³/mol. The summed E-state index contributed by atoms with van der Waals surface area (Å²) in [7, 11) is -4.13. The maximum absolute atomic E-state index is 10.8. The Hall–Kier alpha value is -0.780. The van der Waals surface area contributed by atoms with Crippen molar-refractivity contribution in [3.63, 3.8) is 0 Å². The molecule has 0 aliphatic rings. The van der Waals surface area contributed by atoms with Crippen molar-refractivity contribution in [2.24, 2.45) is 0 Å². The summed E-state index contributed by atoms with van der Waals surface area (Å²) in [6.07, 6.45) is 0. The third-order valence-corrected chi connectivity index (χ3v) is 3.07. The van der Waals surface area contributed by atoms with E-state index in [0.29, 0.717) is 5.56 Å². The Morgan fingerprint density at radius 1 is 1.31 bits per heavy atom. The van der Waals surface area contributed by atoms with Gasteiger partial charge in [0.05, 0.1) is 0 Å². The Morgan fingerprint density at radius 2 is 1.85 bits per heavy atom. The Morgan fingerprint density at radius 3 is 2.23 bits per heavy atom. The molecule has 0 aromatic heterocycles. The number of hydrogen-bond donors (Lipinski definition) is 1. The van der Waals surface area contributed by atoms with Crippen LogP contribution in [0.15, 0.2) is 30.3 Å². The van der Waals surface area contributed by atoms with E-state index >= 15 is 0 Å². The minimum Gasteiger partial charge on any atom is -0.285 e. The van der Waals surface area contributed by atoms with Crippen molar-refractivity contribution >= 4 is 27.7 Å². The summed E-state index contributed by atoms with van der Waals surface area (Å²) in [6.45, 7) is 0. The summed E-state index contributed by atoms with van der Waals surface area (Å²) >= 11 is 4.54. The van der Waals surface area contributed by atoms with Gasteiger partial charge in [0.25, 0.3) is 10.1 Å². The normalized spacial score (nSPS) is 13.6. The van der Waals surface area contributed by atoms with Crippen molar-refractivity contribution in [2.45, 2.75) is 5.25 Å². The average molecular weight is 216 g/mol. The molecule has 70 valence electrons. The summed E-state index contributed by atoms with van der Waals surface area (Å²) in [4.78, 5) is 0. The topological polar surface area (TPSA) is 54.4 Å². The van der Waals surface area contributed by atoms with Crippen molar-refractivity contribution in [1.82, 2.24) is 0 Å². The number of hydrogen-bond acceptors (Lipinski definition) is 3. The fraction of sp³-hybridized carbons (Fsp3) is 0.125. The molecule has 1 aromatic carbocycles. The molecule has 0 saturated carbocycles. The Bertz CT molecular complexity index is 383. The van der Waals surface area contributed by atoms with Gasteiger partial charge in [0, 0.05) is 5.37 Å². The molecule has 1 atom stereocenters. The van der Waals surface area contributed by atoms with E-state index in [1.54, 1.807) is 30.3 Å². The van der Waals surface area contributed by atoms with E-state index in [-0.39, 0.29) is 0 Å². The van der Waals surface area contributed by atoms with Crippen LogP contribution in [0.1, 0.15) is 10.8 Å². The third kappa shape index (κ3) is 2.58. The second-order valence-corrected chi connectivity index (χ2v) is 4.29. The van der Waals surface area contributed by atoms with Crippen molar-refractivity contribution in [2.75, 3.05) is 0 Å². The minimum absolute atomic E-state index is 0.472. The molecular formula is C8H8O3S2. The number of thiocarbonyl (C=S) groups is 1. The first-order valence-electron chi connectivity index (χ1n) is 3.52. The minimum atomic E-state index is -4.13. The van der Waals surface area contributed by atoms with Crippen molar-refractivity contribution < 1.29 is 13.0 Å². The molecule has 1 rings (SSSR count). The fourth-order valence-corrected chi connectivity index (χ4v) is 2.18. The third-order valence-electron chi connectivity index (χ3n) is 1.57. The van der Waals surface area contributed by atoms with Gasteiger partial charge >= 0.3 is 0 Å². The molecule has 0 saturated heterocycles. The van der Waals surface area contributed by atoms with Crippen LogP contribution in [0.3, 0.4) is 0 Å². The average Bonchev–Trinajstić information content (AvgIpc) is 2.05. The quantitative estimate of drug-likeness (QED) is 0.616. The largest absolute Gasteiger partial charge is 0.285 e. The van der Waals surface area contributed by atoms with Crippen LogP contribution in [0.25, 0.3) is 0 Å². The second kappa shape index (κ2) is 3.95. The lowest BCUT2D eigenvalue weighted by Crippen LogP contribution is -2.12. The number of benzene rings is 1. The van der Waals surface area contributed by atoms with E-state index in [4.69, 9.17) is 4.55 Å². The van der Waals surface area contributed by atoms with E-state index in [1.165, 1.54) is 0 Å². The second-order valence-electron chi connectivity index (χ2n) is 2.48. The van der Waals surface area contributed by atoms with Gasteiger partial charge < -0.3 is 0 Å². The zero-order valence-corrected chi connectivity index (χ0v) is 8.25. The fourth-order valence-electron chi connectivity index (χ4n) is 0.963. The molecule has 0 amide bonds. The zero-order chi connectivity index (χ0) is 9.90. The molecule has 1 unspecified atom stereocenters. The lowest BCUT2D eigenvalue weighted by atomic mass is 10.2. The maximum Gasteiger partial charge on any atom is 0.276 e. The standard InChI is InChI=1S/C8H8O3S2/c9-13(10,11)8(6-12)7-4-2-1-3-5-7/h1-6,8H,(H,9,10,11). The van der Waals surface area contributed by atoms with Gasteiger partial charge in [-0.3, -0.25) is 4.55 Å². The van der Waals surface area contributed by atoms with Crippen molar-refractivity contribution in [3.05, 3.63) is 35.9 Å². The van der Waals surface area contributed by atoms with Crippen LogP contribution in [0.4, 0.5) is 0 Å². The zero-order valence-electron chi connectivity index (χ0n) is 6.62. The van der Waals surface area contributed by atoms with Crippen LogP contribution in [0.2, 0.25) is 0 Å². The molecule has 0 bridgehead atoms. The molecule has 0 heterocycles. The first-order chi connectivity index (χ1) is 6.05. The molecular weight excluding hydrogens is 208 g/mol. The van der Waals surface area contributed by atoms with E-state index < -0.39 is 15.4 Å². The van der Waals surface area contributed by atoms with Gasteiger partial charge in [-0.2, -0.15) is 8.42 Å². The molecule has 5 heteroatoms. The predicted octanol–water partition coefficient (Wildman–Crippen LogP) is 1.62. The van der Waals surface area contributed by atoms with Gasteiger partial charge in [0.1, 0.15) is 5.25 Å². The van der Waals surface area contributed by atoms with E-state index in [9.17, 15) is 8.42 Å².